The van der Waals surface area contributed by atoms with E-state index in [9.17, 15) is 23.3 Å². The van der Waals surface area contributed by atoms with E-state index >= 15 is 0 Å². The molecule has 0 N–H and O–H groups in total. The molecule has 1 saturated heterocycles. The van der Waals surface area contributed by atoms with Gasteiger partial charge in [-0.15, -0.1) is 0 Å². The van der Waals surface area contributed by atoms with Crippen LogP contribution in [0.15, 0.2) is 52.4 Å². The Morgan fingerprint density at radius 2 is 1.83 bits per heavy atom. The molecule has 0 aliphatic carbocycles. The number of rotatable bonds is 7. The molecule has 12 heteroatoms. The lowest BCUT2D eigenvalue weighted by molar-refractivity contribution is -0.384. The molecule has 1 aromatic heterocycles. The molecule has 2 atom stereocenters. The third kappa shape index (κ3) is 5.41. The number of fused-ring (bicyclic) bond motifs is 1. The fourth-order valence-corrected chi connectivity index (χ4v) is 7.30. The van der Waals surface area contributed by atoms with Crippen LogP contribution in [0.2, 0.25) is 0 Å². The third-order valence-electron chi connectivity index (χ3n) is 6.17. The monoisotopic (exact) mass is 532 g/mol. The number of non-ortho nitro benzene ring substituents is 1. The number of sulfonamides is 1. The molecular formula is C24H28N4O6S2. The number of ether oxygens (including phenoxy) is 1. The number of benzene rings is 2. The topological polar surface area (TPSA) is 124 Å². The summed E-state index contributed by atoms with van der Waals surface area (Å²) in [6.07, 6.45) is 0.996. The van der Waals surface area contributed by atoms with Crippen LogP contribution < -0.4 is 4.80 Å². The van der Waals surface area contributed by atoms with Gasteiger partial charge >= 0.3 is 0 Å². The maximum absolute atomic E-state index is 13.1. The molecule has 1 fully saturated rings. The molecule has 1 aliphatic heterocycles. The van der Waals surface area contributed by atoms with Gasteiger partial charge < -0.3 is 9.30 Å². The number of nitro groups is 1. The molecule has 10 nitrogen and oxygen atoms in total. The molecule has 192 valence electrons. The normalized spacial score (nSPS) is 19.6. The first kappa shape index (κ1) is 26.1. The van der Waals surface area contributed by atoms with Gasteiger partial charge in [-0.3, -0.25) is 14.9 Å². The summed E-state index contributed by atoms with van der Waals surface area (Å²) in [5, 5.41) is 11.2. The Morgan fingerprint density at radius 1 is 1.17 bits per heavy atom. The van der Waals surface area contributed by atoms with Crippen LogP contribution >= 0.6 is 11.3 Å². The number of hydrogen-bond donors (Lipinski definition) is 0. The van der Waals surface area contributed by atoms with E-state index in [0.29, 0.717) is 41.3 Å². The van der Waals surface area contributed by atoms with Crippen LogP contribution in [0, 0.1) is 22.0 Å². The average Bonchev–Trinajstić information content (AvgIpc) is 3.18. The van der Waals surface area contributed by atoms with Gasteiger partial charge in [-0.1, -0.05) is 25.2 Å². The van der Waals surface area contributed by atoms with Crippen LogP contribution in [0.1, 0.15) is 30.6 Å². The van der Waals surface area contributed by atoms with Crippen LogP contribution in [-0.2, 0) is 21.3 Å². The van der Waals surface area contributed by atoms with Crippen LogP contribution in [0.25, 0.3) is 10.2 Å². The Kier molecular flexibility index (Phi) is 7.69. The fraction of sp³-hybridized carbons (Fsp3) is 0.417. The molecule has 1 amide bonds. The average molecular weight is 533 g/mol. The first-order valence-corrected chi connectivity index (χ1v) is 13.8. The summed E-state index contributed by atoms with van der Waals surface area (Å²) in [5.41, 5.74) is 0.909. The Balaban J connectivity index is 1.65. The van der Waals surface area contributed by atoms with Crippen molar-refractivity contribution >= 4 is 43.2 Å². The lowest BCUT2D eigenvalue weighted by atomic mass is 9.94. The van der Waals surface area contributed by atoms with Gasteiger partial charge in [-0.2, -0.15) is 9.30 Å². The SMILES string of the molecule is COCCn1c(=NC(=O)c2ccc(S(=O)(=O)N3CC(C)CC(C)C3)cc2)sc2cc([N+](=O)[O-])ccc21. The summed E-state index contributed by atoms with van der Waals surface area (Å²) in [6.45, 7) is 5.83. The van der Waals surface area contributed by atoms with Gasteiger partial charge in [-0.25, -0.2) is 8.42 Å². The van der Waals surface area contributed by atoms with Crippen molar-refractivity contribution in [2.75, 3.05) is 26.8 Å². The molecular weight excluding hydrogens is 504 g/mol. The van der Waals surface area contributed by atoms with Gasteiger partial charge in [-0.05, 0) is 48.6 Å². The molecule has 0 radical (unpaired) electrons. The van der Waals surface area contributed by atoms with Crippen LogP contribution in [0.4, 0.5) is 5.69 Å². The Hall–Kier alpha value is -2.93. The minimum atomic E-state index is -3.65. The number of amides is 1. The molecule has 2 unspecified atom stereocenters. The number of hydrogen-bond acceptors (Lipinski definition) is 7. The largest absolute Gasteiger partial charge is 0.383 e. The highest BCUT2D eigenvalue weighted by Crippen LogP contribution is 2.27. The first-order chi connectivity index (χ1) is 17.1. The van der Waals surface area contributed by atoms with Gasteiger partial charge in [0.05, 0.1) is 26.6 Å². The van der Waals surface area contributed by atoms with E-state index in [1.54, 1.807) is 17.7 Å². The third-order valence-corrected chi connectivity index (χ3v) is 9.05. The van der Waals surface area contributed by atoms with E-state index in [0.717, 1.165) is 6.42 Å². The molecule has 2 aromatic carbocycles. The number of nitrogens with zero attached hydrogens (tertiary/aromatic N) is 4. The van der Waals surface area contributed by atoms with Crippen LogP contribution in [0.3, 0.4) is 0 Å². The quantitative estimate of drug-likeness (QED) is 0.338. The highest BCUT2D eigenvalue weighted by Gasteiger charge is 2.31. The van der Waals surface area contributed by atoms with Gasteiger partial charge in [0, 0.05) is 44.4 Å². The van der Waals surface area contributed by atoms with Gasteiger partial charge in [0.2, 0.25) is 10.0 Å². The van der Waals surface area contributed by atoms with Crippen LogP contribution in [-0.4, -0.2) is 54.9 Å². The summed E-state index contributed by atoms with van der Waals surface area (Å²) in [7, 11) is -2.10. The number of nitro benzene ring substituents is 1. The molecule has 0 saturated carbocycles. The van der Waals surface area contributed by atoms with Crippen molar-refractivity contribution in [3.8, 4) is 0 Å². The second-order valence-electron chi connectivity index (χ2n) is 9.15. The van der Waals surface area contributed by atoms with E-state index in [1.165, 1.54) is 52.0 Å². The van der Waals surface area contributed by atoms with E-state index in [1.807, 2.05) is 13.8 Å². The molecule has 2 heterocycles. The van der Waals surface area contributed by atoms with Crippen molar-refractivity contribution < 1.29 is 22.9 Å². The molecule has 36 heavy (non-hydrogen) atoms. The second-order valence-corrected chi connectivity index (χ2v) is 12.1. The highest BCUT2D eigenvalue weighted by molar-refractivity contribution is 7.89. The number of thiazole rings is 1. The molecule has 3 aromatic rings. The van der Waals surface area contributed by atoms with Crippen molar-refractivity contribution in [1.29, 1.82) is 0 Å². The van der Waals surface area contributed by atoms with E-state index < -0.39 is 20.9 Å². The molecule has 1 aliphatic rings. The lowest BCUT2D eigenvalue weighted by Crippen LogP contribution is -2.42. The van der Waals surface area contributed by atoms with Crippen molar-refractivity contribution in [1.82, 2.24) is 8.87 Å². The zero-order valence-corrected chi connectivity index (χ0v) is 21.9. The molecule has 4 rings (SSSR count). The number of methoxy groups -OCH3 is 1. The number of carbonyl (C=O) groups is 1. The lowest BCUT2D eigenvalue weighted by Gasteiger charge is -2.34. The van der Waals surface area contributed by atoms with Crippen molar-refractivity contribution in [2.45, 2.75) is 31.7 Å². The summed E-state index contributed by atoms with van der Waals surface area (Å²) in [4.78, 5) is 28.4. The van der Waals surface area contributed by atoms with E-state index in [4.69, 9.17) is 4.74 Å². The van der Waals surface area contributed by atoms with Gasteiger partial charge in [0.25, 0.3) is 11.6 Å². The molecule has 0 bridgehead atoms. The smallest absolute Gasteiger partial charge is 0.279 e. The predicted octanol–water partition coefficient (Wildman–Crippen LogP) is 3.67. The summed E-state index contributed by atoms with van der Waals surface area (Å²) >= 11 is 1.17. The Morgan fingerprint density at radius 3 is 2.44 bits per heavy atom. The van der Waals surface area contributed by atoms with Gasteiger partial charge in [0.15, 0.2) is 4.80 Å². The Labute approximate surface area is 213 Å². The number of aromatic nitrogens is 1. The number of piperidine rings is 1. The summed E-state index contributed by atoms with van der Waals surface area (Å²) in [6, 6.07) is 10.3. The minimum absolute atomic E-state index is 0.0465. The Bertz CT molecular complexity index is 1450. The summed E-state index contributed by atoms with van der Waals surface area (Å²) in [5.74, 6) is 0.0397. The first-order valence-electron chi connectivity index (χ1n) is 11.6. The highest BCUT2D eigenvalue weighted by atomic mass is 32.2. The van der Waals surface area contributed by atoms with Crippen molar-refractivity contribution in [3.63, 3.8) is 0 Å². The van der Waals surface area contributed by atoms with Crippen LogP contribution in [0.5, 0.6) is 0 Å². The van der Waals surface area contributed by atoms with E-state index in [-0.39, 0.29) is 28.0 Å². The van der Waals surface area contributed by atoms with Crippen molar-refractivity contribution in [2.24, 2.45) is 16.8 Å². The maximum Gasteiger partial charge on any atom is 0.279 e. The zero-order chi connectivity index (χ0) is 26.0. The van der Waals surface area contributed by atoms with E-state index in [2.05, 4.69) is 4.99 Å². The maximum atomic E-state index is 13.1. The standard InChI is InChI=1S/C24H28N4O6S2/c1-16-12-17(2)15-26(14-16)36(32,33)20-7-4-18(5-8-20)23(29)25-24-27(10-11-34-3)21-9-6-19(28(30)31)13-22(21)35-24/h4-9,13,16-17H,10-12,14-15H2,1-3H3. The fourth-order valence-electron chi connectivity index (χ4n) is 4.53. The predicted molar refractivity (Wildman–Crippen MR) is 136 cm³/mol. The summed E-state index contributed by atoms with van der Waals surface area (Å²) < 4.78 is 35.3. The second kappa shape index (κ2) is 10.6. The zero-order valence-electron chi connectivity index (χ0n) is 20.3. The molecule has 0 spiro atoms. The number of carbonyl (C=O) groups excluding carboxylic acids is 1. The minimum Gasteiger partial charge on any atom is -0.383 e. The van der Waals surface area contributed by atoms with Crippen molar-refractivity contribution in [3.05, 3.63) is 62.9 Å². The van der Waals surface area contributed by atoms with Gasteiger partial charge in [0.1, 0.15) is 0 Å².